The molecule has 0 radical (unpaired) electrons. The fraction of sp³-hybridized carbons (Fsp3) is 0.429. The Labute approximate surface area is 101 Å². The molecule has 3 heterocycles. The number of aromatic nitrogens is 1. The van der Waals surface area contributed by atoms with Gasteiger partial charge in [-0.1, -0.05) is 18.2 Å². The van der Waals surface area contributed by atoms with Crippen LogP contribution in [-0.2, 0) is 11.4 Å². The number of rotatable bonds is 0. The highest BCUT2D eigenvalue weighted by Crippen LogP contribution is 2.45. The van der Waals surface area contributed by atoms with Crippen LogP contribution in [0, 0.1) is 12.8 Å². The SMILES string of the molecule is Cc1c2n(c3ccccc13)C[C@H]1CON(C)[C@@H]21. The zero-order valence-electron chi connectivity index (χ0n) is 10.2. The van der Waals surface area contributed by atoms with E-state index < -0.39 is 0 Å². The summed E-state index contributed by atoms with van der Waals surface area (Å²) in [6.07, 6.45) is 0. The van der Waals surface area contributed by atoms with E-state index in [4.69, 9.17) is 4.84 Å². The quantitative estimate of drug-likeness (QED) is 0.689. The molecule has 3 heteroatoms. The molecular weight excluding hydrogens is 212 g/mol. The van der Waals surface area contributed by atoms with E-state index in [1.54, 1.807) is 0 Å². The minimum atomic E-state index is 0.447. The van der Waals surface area contributed by atoms with Crippen molar-refractivity contribution in [1.82, 2.24) is 9.63 Å². The maximum Gasteiger partial charge on any atom is 0.0821 e. The molecule has 0 unspecified atom stereocenters. The molecule has 2 aliphatic heterocycles. The van der Waals surface area contributed by atoms with E-state index in [1.807, 2.05) is 5.06 Å². The molecule has 4 rings (SSSR count). The number of para-hydroxylation sites is 1. The molecule has 1 fully saturated rings. The molecular formula is C14H16N2O. The van der Waals surface area contributed by atoms with Crippen LogP contribution in [0.25, 0.3) is 10.9 Å². The third-order valence-corrected chi connectivity index (χ3v) is 4.30. The molecule has 2 aromatic rings. The number of hydrogen-bond acceptors (Lipinski definition) is 2. The van der Waals surface area contributed by atoms with Gasteiger partial charge in [-0.2, -0.15) is 5.06 Å². The Morgan fingerprint density at radius 1 is 1.29 bits per heavy atom. The lowest BCUT2D eigenvalue weighted by Gasteiger charge is -2.16. The summed E-state index contributed by atoms with van der Waals surface area (Å²) in [5.41, 5.74) is 4.25. The lowest BCUT2D eigenvalue weighted by molar-refractivity contribution is -0.111. The highest BCUT2D eigenvalue weighted by atomic mass is 16.7. The van der Waals surface area contributed by atoms with E-state index in [9.17, 15) is 0 Å². The Balaban J connectivity index is 2.02. The van der Waals surface area contributed by atoms with Crippen molar-refractivity contribution in [1.29, 1.82) is 0 Å². The van der Waals surface area contributed by atoms with Crippen LogP contribution in [-0.4, -0.2) is 23.3 Å². The van der Waals surface area contributed by atoms with Crippen LogP contribution in [0.5, 0.6) is 0 Å². The monoisotopic (exact) mass is 228 g/mol. The normalized spacial score (nSPS) is 27.6. The molecule has 17 heavy (non-hydrogen) atoms. The van der Waals surface area contributed by atoms with Gasteiger partial charge in [0.1, 0.15) is 0 Å². The third-order valence-electron chi connectivity index (χ3n) is 4.30. The second-order valence-corrected chi connectivity index (χ2v) is 5.18. The van der Waals surface area contributed by atoms with Gasteiger partial charge in [-0.3, -0.25) is 4.84 Å². The summed E-state index contributed by atoms with van der Waals surface area (Å²) >= 11 is 0. The number of hydrogen-bond donors (Lipinski definition) is 0. The van der Waals surface area contributed by atoms with Crippen molar-refractivity contribution in [2.45, 2.75) is 19.5 Å². The molecule has 2 atom stereocenters. The lowest BCUT2D eigenvalue weighted by Crippen LogP contribution is -2.17. The Bertz CT molecular complexity index is 602. The van der Waals surface area contributed by atoms with E-state index in [0.29, 0.717) is 12.0 Å². The first kappa shape index (κ1) is 9.68. The second kappa shape index (κ2) is 3.12. The molecule has 1 aromatic carbocycles. The van der Waals surface area contributed by atoms with Gasteiger partial charge < -0.3 is 4.57 Å². The van der Waals surface area contributed by atoms with E-state index in [0.717, 1.165) is 13.2 Å². The van der Waals surface area contributed by atoms with Gasteiger partial charge in [0, 0.05) is 36.1 Å². The number of nitrogens with zero attached hydrogens (tertiary/aromatic N) is 2. The van der Waals surface area contributed by atoms with Crippen LogP contribution in [0.15, 0.2) is 24.3 Å². The van der Waals surface area contributed by atoms with Gasteiger partial charge in [0.15, 0.2) is 0 Å². The smallest absolute Gasteiger partial charge is 0.0821 e. The number of fused-ring (bicyclic) bond motifs is 5. The van der Waals surface area contributed by atoms with Crippen LogP contribution in [0.4, 0.5) is 0 Å². The zero-order chi connectivity index (χ0) is 11.6. The molecule has 3 nitrogen and oxygen atoms in total. The topological polar surface area (TPSA) is 17.4 Å². The average molecular weight is 228 g/mol. The van der Waals surface area contributed by atoms with Gasteiger partial charge in [-0.25, -0.2) is 0 Å². The van der Waals surface area contributed by atoms with E-state index in [2.05, 4.69) is 42.8 Å². The Morgan fingerprint density at radius 3 is 3.00 bits per heavy atom. The summed E-state index contributed by atoms with van der Waals surface area (Å²) in [6.45, 7) is 4.19. The van der Waals surface area contributed by atoms with E-state index in [1.165, 1.54) is 22.2 Å². The fourth-order valence-electron chi connectivity index (χ4n) is 3.54. The molecule has 2 aliphatic rings. The Hall–Kier alpha value is -1.32. The number of hydroxylamine groups is 2. The Kier molecular flexibility index (Phi) is 1.78. The number of benzene rings is 1. The van der Waals surface area contributed by atoms with Crippen LogP contribution < -0.4 is 0 Å². The fourth-order valence-corrected chi connectivity index (χ4v) is 3.54. The van der Waals surface area contributed by atoms with Gasteiger partial charge in [-0.15, -0.1) is 0 Å². The summed E-state index contributed by atoms with van der Waals surface area (Å²) in [5.74, 6) is 0.623. The first-order valence-electron chi connectivity index (χ1n) is 6.21. The largest absolute Gasteiger partial charge is 0.342 e. The highest BCUT2D eigenvalue weighted by Gasteiger charge is 2.43. The van der Waals surface area contributed by atoms with Gasteiger partial charge in [-0.05, 0) is 18.6 Å². The molecule has 1 aromatic heterocycles. The maximum absolute atomic E-state index is 5.65. The van der Waals surface area contributed by atoms with Gasteiger partial charge in [0.2, 0.25) is 0 Å². The molecule has 1 saturated heterocycles. The van der Waals surface area contributed by atoms with E-state index >= 15 is 0 Å². The molecule has 0 amide bonds. The predicted octanol–water partition coefficient (Wildman–Crippen LogP) is 2.50. The van der Waals surface area contributed by atoms with E-state index in [-0.39, 0.29) is 0 Å². The van der Waals surface area contributed by atoms with Gasteiger partial charge >= 0.3 is 0 Å². The maximum atomic E-state index is 5.65. The first-order chi connectivity index (χ1) is 8.27. The molecule has 0 aliphatic carbocycles. The summed E-state index contributed by atoms with van der Waals surface area (Å²) in [4.78, 5) is 5.65. The zero-order valence-corrected chi connectivity index (χ0v) is 10.2. The summed E-state index contributed by atoms with van der Waals surface area (Å²) in [7, 11) is 2.05. The highest BCUT2D eigenvalue weighted by molar-refractivity contribution is 5.85. The molecule has 88 valence electrons. The predicted molar refractivity (Wildman–Crippen MR) is 66.6 cm³/mol. The van der Waals surface area contributed by atoms with Crippen LogP contribution >= 0.6 is 0 Å². The molecule has 0 bridgehead atoms. The minimum Gasteiger partial charge on any atom is -0.342 e. The minimum absolute atomic E-state index is 0.447. The van der Waals surface area contributed by atoms with Crippen molar-refractivity contribution in [2.24, 2.45) is 5.92 Å². The summed E-state index contributed by atoms with van der Waals surface area (Å²) < 4.78 is 2.49. The van der Waals surface area contributed by atoms with Crippen molar-refractivity contribution in [3.05, 3.63) is 35.5 Å². The van der Waals surface area contributed by atoms with Crippen molar-refractivity contribution in [2.75, 3.05) is 13.7 Å². The standard InChI is InChI=1S/C14H16N2O/c1-9-11-5-3-4-6-12(11)16-7-10-8-17-15(2)14(10)13(9)16/h3-6,10,14H,7-8H2,1-2H3/t10-,14+/m0/s1. The van der Waals surface area contributed by atoms with Crippen LogP contribution in [0.3, 0.4) is 0 Å². The lowest BCUT2D eigenvalue weighted by atomic mass is 9.99. The molecule has 0 N–H and O–H groups in total. The first-order valence-corrected chi connectivity index (χ1v) is 6.21. The van der Waals surface area contributed by atoms with Crippen molar-refractivity contribution < 1.29 is 4.84 Å². The molecule has 0 saturated carbocycles. The van der Waals surface area contributed by atoms with Crippen molar-refractivity contribution in [3.63, 3.8) is 0 Å². The summed E-state index contributed by atoms with van der Waals surface area (Å²) in [6, 6.07) is 9.15. The van der Waals surface area contributed by atoms with Crippen LogP contribution in [0.1, 0.15) is 17.3 Å². The number of aryl methyl sites for hydroxylation is 1. The Morgan fingerprint density at radius 2 is 2.12 bits per heavy atom. The van der Waals surface area contributed by atoms with Crippen molar-refractivity contribution in [3.8, 4) is 0 Å². The molecule has 0 spiro atoms. The van der Waals surface area contributed by atoms with Crippen LogP contribution in [0.2, 0.25) is 0 Å². The summed E-state index contributed by atoms with van der Waals surface area (Å²) in [5, 5.41) is 3.43. The average Bonchev–Trinajstić information content (AvgIpc) is 2.95. The van der Waals surface area contributed by atoms with Crippen molar-refractivity contribution >= 4 is 10.9 Å². The van der Waals surface area contributed by atoms with Gasteiger partial charge in [0.05, 0.1) is 12.6 Å². The third kappa shape index (κ3) is 1.08. The second-order valence-electron chi connectivity index (χ2n) is 5.18. The van der Waals surface area contributed by atoms with Gasteiger partial charge in [0.25, 0.3) is 0 Å².